The van der Waals surface area contributed by atoms with Crippen molar-refractivity contribution >= 4 is 17.7 Å². The molecule has 0 aliphatic rings. The summed E-state index contributed by atoms with van der Waals surface area (Å²) in [5, 5.41) is 0.752. The quantitative estimate of drug-likeness (QED) is 0.708. The fourth-order valence-corrected chi connectivity index (χ4v) is 1.03. The van der Waals surface area contributed by atoms with E-state index < -0.39 is 12.0 Å². The molecule has 1 aromatic rings. The average molecular weight is 208 g/mol. The standard InChI is InChI=1S/C10H12N2O3/c1-7-3-5-9(6-4-7)12(10(11)14)15-8(2)13/h3-6H,1-2H3,(H2,11,14). The summed E-state index contributed by atoms with van der Waals surface area (Å²) in [4.78, 5) is 26.4. The van der Waals surface area contributed by atoms with Gasteiger partial charge in [-0.15, -0.1) is 5.06 Å². The van der Waals surface area contributed by atoms with Crippen LogP contribution in [-0.2, 0) is 9.63 Å². The van der Waals surface area contributed by atoms with Gasteiger partial charge in [-0.05, 0) is 19.1 Å². The number of hydrogen-bond donors (Lipinski definition) is 1. The number of hydroxylamine groups is 1. The Morgan fingerprint density at radius 1 is 1.27 bits per heavy atom. The first-order chi connectivity index (χ1) is 7.00. The van der Waals surface area contributed by atoms with Gasteiger partial charge >= 0.3 is 12.0 Å². The molecule has 15 heavy (non-hydrogen) atoms. The van der Waals surface area contributed by atoms with Crippen molar-refractivity contribution in [2.45, 2.75) is 13.8 Å². The van der Waals surface area contributed by atoms with Crippen molar-refractivity contribution in [3.8, 4) is 0 Å². The molecule has 2 N–H and O–H groups in total. The Kier molecular flexibility index (Phi) is 3.28. The fourth-order valence-electron chi connectivity index (χ4n) is 1.03. The Morgan fingerprint density at radius 2 is 1.80 bits per heavy atom. The van der Waals surface area contributed by atoms with Gasteiger partial charge < -0.3 is 10.6 Å². The summed E-state index contributed by atoms with van der Waals surface area (Å²) in [5.74, 6) is -0.602. The average Bonchev–Trinajstić information content (AvgIpc) is 2.15. The number of carbonyl (C=O) groups excluding carboxylic acids is 2. The number of aryl methyl sites for hydroxylation is 1. The van der Waals surface area contributed by atoms with Crippen molar-refractivity contribution in [3.05, 3.63) is 29.8 Å². The van der Waals surface area contributed by atoms with Gasteiger partial charge in [0.2, 0.25) is 0 Å². The molecule has 5 nitrogen and oxygen atoms in total. The molecule has 0 aliphatic carbocycles. The monoisotopic (exact) mass is 208 g/mol. The van der Waals surface area contributed by atoms with Crippen LogP contribution in [0.25, 0.3) is 0 Å². The lowest BCUT2D eigenvalue weighted by atomic mass is 10.2. The number of urea groups is 1. The van der Waals surface area contributed by atoms with Gasteiger partial charge in [0.15, 0.2) is 0 Å². The highest BCUT2D eigenvalue weighted by atomic mass is 16.7. The lowest BCUT2D eigenvalue weighted by molar-refractivity contribution is -0.141. The van der Waals surface area contributed by atoms with Crippen LogP contribution >= 0.6 is 0 Å². The minimum absolute atomic E-state index is 0.420. The molecule has 0 bridgehead atoms. The first-order valence-corrected chi connectivity index (χ1v) is 4.35. The number of benzene rings is 1. The van der Waals surface area contributed by atoms with E-state index in [1.165, 1.54) is 6.92 Å². The summed E-state index contributed by atoms with van der Waals surface area (Å²) in [6.45, 7) is 3.11. The van der Waals surface area contributed by atoms with E-state index in [-0.39, 0.29) is 0 Å². The van der Waals surface area contributed by atoms with E-state index >= 15 is 0 Å². The number of nitrogens with two attached hydrogens (primary N) is 1. The second kappa shape index (κ2) is 4.45. The Hall–Kier alpha value is -2.04. The smallest absolute Gasteiger partial charge is 0.349 e. The Balaban J connectivity index is 2.94. The maximum absolute atomic E-state index is 11.0. The molecule has 1 aromatic carbocycles. The van der Waals surface area contributed by atoms with Crippen LogP contribution in [-0.4, -0.2) is 12.0 Å². The summed E-state index contributed by atoms with van der Waals surface area (Å²) < 4.78 is 0. The van der Waals surface area contributed by atoms with Crippen LogP contribution in [0.5, 0.6) is 0 Å². The molecular formula is C10H12N2O3. The summed E-state index contributed by atoms with van der Waals surface area (Å²) in [7, 11) is 0. The maximum Gasteiger partial charge on any atom is 0.352 e. The van der Waals surface area contributed by atoms with Crippen molar-refractivity contribution < 1.29 is 14.4 Å². The first-order valence-electron chi connectivity index (χ1n) is 4.35. The van der Waals surface area contributed by atoms with Crippen LogP contribution in [0.4, 0.5) is 10.5 Å². The normalized spacial score (nSPS) is 9.47. The SMILES string of the molecule is CC(=O)ON(C(N)=O)c1ccc(C)cc1. The molecule has 2 amide bonds. The van der Waals surface area contributed by atoms with Crippen molar-refractivity contribution in [2.24, 2.45) is 5.73 Å². The largest absolute Gasteiger partial charge is 0.352 e. The molecule has 0 radical (unpaired) electrons. The third kappa shape index (κ3) is 2.98. The van der Waals surface area contributed by atoms with Crippen LogP contribution in [0.2, 0.25) is 0 Å². The minimum Gasteiger partial charge on any atom is -0.349 e. The van der Waals surface area contributed by atoms with Crippen molar-refractivity contribution in [3.63, 3.8) is 0 Å². The lowest BCUT2D eigenvalue weighted by Crippen LogP contribution is -2.37. The van der Waals surface area contributed by atoms with E-state index in [1.54, 1.807) is 24.3 Å². The molecule has 0 saturated heterocycles. The fraction of sp³-hybridized carbons (Fsp3) is 0.200. The van der Waals surface area contributed by atoms with Crippen LogP contribution < -0.4 is 10.8 Å². The molecule has 1 rings (SSSR count). The second-order valence-corrected chi connectivity index (χ2v) is 3.05. The highest BCUT2D eigenvalue weighted by molar-refractivity contribution is 5.90. The van der Waals surface area contributed by atoms with E-state index in [0.29, 0.717) is 5.69 Å². The minimum atomic E-state index is -0.839. The second-order valence-electron chi connectivity index (χ2n) is 3.05. The highest BCUT2D eigenvalue weighted by Crippen LogP contribution is 2.15. The van der Waals surface area contributed by atoms with Crippen molar-refractivity contribution in [1.82, 2.24) is 0 Å². The van der Waals surface area contributed by atoms with Gasteiger partial charge in [0.25, 0.3) is 0 Å². The van der Waals surface area contributed by atoms with Crippen molar-refractivity contribution in [1.29, 1.82) is 0 Å². The summed E-state index contributed by atoms with van der Waals surface area (Å²) in [5.41, 5.74) is 6.52. The number of amides is 2. The third-order valence-corrected chi connectivity index (χ3v) is 1.69. The molecule has 0 saturated carbocycles. The van der Waals surface area contributed by atoms with Gasteiger partial charge in [-0.1, -0.05) is 17.7 Å². The number of primary amides is 1. The molecule has 0 fully saturated rings. The molecule has 0 unspecified atom stereocenters. The van der Waals surface area contributed by atoms with Gasteiger partial charge in [0.05, 0.1) is 5.69 Å². The predicted octanol–water partition coefficient (Wildman–Crippen LogP) is 1.36. The summed E-state index contributed by atoms with van der Waals surface area (Å²) in [6, 6.07) is 6.02. The molecule has 0 aliphatic heterocycles. The zero-order chi connectivity index (χ0) is 11.4. The molecular weight excluding hydrogens is 196 g/mol. The molecule has 5 heteroatoms. The van der Waals surface area contributed by atoms with E-state index in [4.69, 9.17) is 5.73 Å². The van der Waals surface area contributed by atoms with Gasteiger partial charge in [0.1, 0.15) is 0 Å². The van der Waals surface area contributed by atoms with Crippen LogP contribution in [0.3, 0.4) is 0 Å². The number of anilines is 1. The number of rotatable bonds is 1. The molecule has 80 valence electrons. The van der Waals surface area contributed by atoms with Crippen LogP contribution in [0.1, 0.15) is 12.5 Å². The van der Waals surface area contributed by atoms with Gasteiger partial charge in [-0.25, -0.2) is 9.59 Å². The van der Waals surface area contributed by atoms with Gasteiger partial charge in [-0.2, -0.15) is 0 Å². The van der Waals surface area contributed by atoms with Gasteiger partial charge in [0, 0.05) is 6.92 Å². The number of carbonyl (C=O) groups is 2. The van der Waals surface area contributed by atoms with Gasteiger partial charge in [-0.3, -0.25) is 0 Å². The predicted molar refractivity (Wildman–Crippen MR) is 55.0 cm³/mol. The topological polar surface area (TPSA) is 72.6 Å². The molecule has 0 heterocycles. The Labute approximate surface area is 87.4 Å². The highest BCUT2D eigenvalue weighted by Gasteiger charge is 2.15. The van der Waals surface area contributed by atoms with E-state index in [9.17, 15) is 9.59 Å². The van der Waals surface area contributed by atoms with Crippen LogP contribution in [0.15, 0.2) is 24.3 Å². The zero-order valence-electron chi connectivity index (χ0n) is 8.56. The summed E-state index contributed by atoms with van der Waals surface area (Å²) >= 11 is 0. The third-order valence-electron chi connectivity index (χ3n) is 1.69. The zero-order valence-corrected chi connectivity index (χ0v) is 8.56. The summed E-state index contributed by atoms with van der Waals surface area (Å²) in [6.07, 6.45) is 0. The van der Waals surface area contributed by atoms with Crippen molar-refractivity contribution in [2.75, 3.05) is 5.06 Å². The van der Waals surface area contributed by atoms with E-state index in [0.717, 1.165) is 10.6 Å². The molecule has 0 aromatic heterocycles. The number of nitrogens with zero attached hydrogens (tertiary/aromatic N) is 1. The van der Waals surface area contributed by atoms with Crippen LogP contribution in [0, 0.1) is 6.92 Å². The first kappa shape index (κ1) is 11.0. The Bertz CT molecular complexity index is 373. The maximum atomic E-state index is 11.0. The number of hydrogen-bond acceptors (Lipinski definition) is 3. The molecule has 0 spiro atoms. The lowest BCUT2D eigenvalue weighted by Gasteiger charge is -2.17. The molecule has 0 atom stereocenters. The van der Waals surface area contributed by atoms with E-state index in [2.05, 4.69) is 4.84 Å². The Morgan fingerprint density at radius 3 is 2.20 bits per heavy atom. The van der Waals surface area contributed by atoms with E-state index in [1.807, 2.05) is 6.92 Å².